The Morgan fingerprint density at radius 2 is 1.91 bits per heavy atom. The van der Waals surface area contributed by atoms with Gasteiger partial charge in [-0.2, -0.15) is 0 Å². The largest absolute Gasteiger partial charge is 0.489 e. The highest BCUT2D eigenvalue weighted by Crippen LogP contribution is 2.36. The molecule has 1 aromatic carbocycles. The second-order valence-electron chi connectivity index (χ2n) is 10.2. The molecule has 8 heteroatoms. The van der Waals surface area contributed by atoms with Crippen LogP contribution >= 0.6 is 0 Å². The van der Waals surface area contributed by atoms with E-state index in [0.29, 0.717) is 30.5 Å². The number of piperidine rings is 1. The van der Waals surface area contributed by atoms with Crippen LogP contribution in [0.4, 0.5) is 0 Å². The number of imide groups is 1. The number of fused-ring (bicyclic) bond motifs is 1. The maximum Gasteiger partial charge on any atom is 0.255 e. The van der Waals surface area contributed by atoms with Crippen molar-refractivity contribution in [1.29, 1.82) is 0 Å². The van der Waals surface area contributed by atoms with E-state index in [0.717, 1.165) is 50.5 Å². The quantitative estimate of drug-likeness (QED) is 0.529. The van der Waals surface area contributed by atoms with Crippen LogP contribution in [0.1, 0.15) is 54.4 Å². The molecule has 0 aromatic heterocycles. The van der Waals surface area contributed by atoms with Gasteiger partial charge in [-0.1, -0.05) is 12.5 Å². The molecule has 3 fully saturated rings. The van der Waals surface area contributed by atoms with Gasteiger partial charge in [0.2, 0.25) is 11.8 Å². The van der Waals surface area contributed by atoms with Gasteiger partial charge < -0.3 is 14.4 Å². The first-order valence-corrected chi connectivity index (χ1v) is 12.5. The van der Waals surface area contributed by atoms with E-state index < -0.39 is 6.04 Å². The Kier molecular flexibility index (Phi) is 5.65. The van der Waals surface area contributed by atoms with E-state index in [1.54, 1.807) is 4.90 Å². The van der Waals surface area contributed by atoms with Crippen molar-refractivity contribution in [2.45, 2.75) is 63.3 Å². The average molecular weight is 466 g/mol. The van der Waals surface area contributed by atoms with Crippen LogP contribution in [0.3, 0.4) is 0 Å². The second-order valence-corrected chi connectivity index (χ2v) is 10.2. The summed E-state index contributed by atoms with van der Waals surface area (Å²) in [4.78, 5) is 40.9. The number of hydrogen-bond acceptors (Lipinski definition) is 6. The number of likely N-dealkylation sites (tertiary alicyclic amines) is 1. The lowest BCUT2D eigenvalue weighted by Crippen LogP contribution is -2.58. The summed E-state index contributed by atoms with van der Waals surface area (Å²) in [7, 11) is 0. The molecule has 1 aromatic rings. The molecule has 0 spiro atoms. The van der Waals surface area contributed by atoms with Crippen LogP contribution in [0.5, 0.6) is 5.75 Å². The zero-order valence-corrected chi connectivity index (χ0v) is 19.3. The summed E-state index contributed by atoms with van der Waals surface area (Å²) in [5.74, 6) is 0.604. The third-order valence-corrected chi connectivity index (χ3v) is 8.09. The maximum atomic E-state index is 13.0. The van der Waals surface area contributed by atoms with Gasteiger partial charge in [0, 0.05) is 43.6 Å². The fraction of sp³-hybridized carbons (Fsp3) is 0.577. The van der Waals surface area contributed by atoms with Crippen molar-refractivity contribution >= 4 is 17.7 Å². The van der Waals surface area contributed by atoms with E-state index >= 15 is 0 Å². The van der Waals surface area contributed by atoms with E-state index in [2.05, 4.69) is 16.3 Å². The lowest BCUT2D eigenvalue weighted by atomic mass is 9.84. The molecule has 4 aliphatic heterocycles. The lowest BCUT2D eigenvalue weighted by Gasteiger charge is -2.48. The number of ether oxygens (including phenoxy) is 2. The summed E-state index contributed by atoms with van der Waals surface area (Å²) in [6.07, 6.45) is 7.61. The van der Waals surface area contributed by atoms with Crippen LogP contribution < -0.4 is 10.1 Å². The van der Waals surface area contributed by atoms with Crippen LogP contribution in [0.2, 0.25) is 0 Å². The minimum absolute atomic E-state index is 0.143. The molecule has 180 valence electrons. The van der Waals surface area contributed by atoms with Gasteiger partial charge >= 0.3 is 0 Å². The molecule has 1 N–H and O–H groups in total. The molecule has 4 heterocycles. The third-order valence-electron chi connectivity index (χ3n) is 8.09. The molecule has 1 aliphatic carbocycles. The first-order chi connectivity index (χ1) is 16.6. The van der Waals surface area contributed by atoms with E-state index in [9.17, 15) is 14.4 Å². The Labute approximate surface area is 199 Å². The van der Waals surface area contributed by atoms with Crippen LogP contribution in [-0.4, -0.2) is 72.0 Å². The summed E-state index contributed by atoms with van der Waals surface area (Å²) in [5.41, 5.74) is 2.96. The van der Waals surface area contributed by atoms with E-state index in [-0.39, 0.29) is 30.2 Å². The maximum absolute atomic E-state index is 13.0. The van der Waals surface area contributed by atoms with Crippen molar-refractivity contribution in [2.75, 3.05) is 26.3 Å². The molecule has 34 heavy (non-hydrogen) atoms. The standard InChI is InChI=1S/C26H31N3O5/c30-24-8-7-22(25(31)27-24)29-14-17-11-19(5-6-20(17)26(29)32)34-23-4-2-1-3-21(23)28-12-18(13-28)16-9-10-33-15-16/h5-6,9,11,18,21-23H,1-4,7-8,10,12-15H2,(H,27,30,31)/t21-,22?,23-/m1/s1. The topological polar surface area (TPSA) is 88.2 Å². The smallest absolute Gasteiger partial charge is 0.255 e. The second kappa shape index (κ2) is 8.82. The molecule has 8 nitrogen and oxygen atoms in total. The predicted molar refractivity (Wildman–Crippen MR) is 123 cm³/mol. The van der Waals surface area contributed by atoms with Crippen molar-refractivity contribution in [3.05, 3.63) is 41.0 Å². The highest BCUT2D eigenvalue weighted by molar-refractivity contribution is 6.05. The van der Waals surface area contributed by atoms with E-state index in [1.807, 2.05) is 18.2 Å². The van der Waals surface area contributed by atoms with Gasteiger partial charge in [-0.05, 0) is 55.0 Å². The fourth-order valence-electron chi connectivity index (χ4n) is 6.14. The Balaban J connectivity index is 1.12. The van der Waals surface area contributed by atoms with E-state index in [4.69, 9.17) is 9.47 Å². The Morgan fingerprint density at radius 3 is 2.71 bits per heavy atom. The van der Waals surface area contributed by atoms with Gasteiger partial charge in [0.05, 0.1) is 13.2 Å². The first-order valence-electron chi connectivity index (χ1n) is 12.5. The highest BCUT2D eigenvalue weighted by atomic mass is 16.5. The molecule has 2 saturated heterocycles. The van der Waals surface area contributed by atoms with Crippen molar-refractivity contribution in [3.8, 4) is 5.75 Å². The van der Waals surface area contributed by atoms with Crippen molar-refractivity contribution in [2.24, 2.45) is 5.92 Å². The Bertz CT molecular complexity index is 1050. The molecular weight excluding hydrogens is 434 g/mol. The predicted octanol–water partition coefficient (Wildman–Crippen LogP) is 2.03. The minimum Gasteiger partial charge on any atom is -0.489 e. The molecule has 3 amide bonds. The molecule has 6 rings (SSSR count). The van der Waals surface area contributed by atoms with Crippen molar-refractivity contribution < 1.29 is 23.9 Å². The van der Waals surface area contributed by atoms with Crippen LogP contribution in [0, 0.1) is 5.92 Å². The summed E-state index contributed by atoms with van der Waals surface area (Å²) in [5, 5.41) is 2.35. The number of nitrogens with one attached hydrogen (secondary N) is 1. The number of hydrogen-bond donors (Lipinski definition) is 1. The lowest BCUT2D eigenvalue weighted by molar-refractivity contribution is -0.136. The monoisotopic (exact) mass is 465 g/mol. The summed E-state index contributed by atoms with van der Waals surface area (Å²) >= 11 is 0. The number of carbonyl (C=O) groups is 3. The molecule has 0 radical (unpaired) electrons. The summed E-state index contributed by atoms with van der Waals surface area (Å²) in [6, 6.07) is 5.50. The number of rotatable bonds is 5. The number of nitrogens with zero attached hydrogens (tertiary/aromatic N) is 2. The molecule has 1 saturated carbocycles. The van der Waals surface area contributed by atoms with Gasteiger partial charge in [-0.3, -0.25) is 24.6 Å². The SMILES string of the molecule is O=C1CCC(N2Cc3cc(O[C@@H]4CCCC[C@H]4N4CC(C5=CCOC5)C4)ccc3C2=O)C(=O)N1. The van der Waals surface area contributed by atoms with Gasteiger partial charge in [-0.15, -0.1) is 0 Å². The normalized spacial score (nSPS) is 30.1. The molecule has 3 atom stereocenters. The van der Waals surface area contributed by atoms with Gasteiger partial charge in [0.25, 0.3) is 5.91 Å². The van der Waals surface area contributed by atoms with Crippen molar-refractivity contribution in [1.82, 2.24) is 15.1 Å². The molecule has 5 aliphatic rings. The zero-order valence-electron chi connectivity index (χ0n) is 19.3. The minimum atomic E-state index is -0.593. The number of carbonyl (C=O) groups excluding carboxylic acids is 3. The van der Waals surface area contributed by atoms with Crippen LogP contribution in [-0.2, 0) is 20.9 Å². The van der Waals surface area contributed by atoms with Gasteiger partial charge in [0.15, 0.2) is 0 Å². The summed E-state index contributed by atoms with van der Waals surface area (Å²) in [6.45, 7) is 4.07. The number of amides is 3. The number of benzene rings is 1. The third kappa shape index (κ3) is 3.92. The first kappa shape index (κ1) is 21.8. The van der Waals surface area contributed by atoms with E-state index in [1.165, 1.54) is 18.4 Å². The Hall–Kier alpha value is -2.71. The average Bonchev–Trinajstić information content (AvgIpc) is 3.42. The molecular formula is C26H31N3O5. The van der Waals surface area contributed by atoms with Crippen LogP contribution in [0.15, 0.2) is 29.8 Å². The Morgan fingerprint density at radius 1 is 1.06 bits per heavy atom. The fourth-order valence-corrected chi connectivity index (χ4v) is 6.14. The highest BCUT2D eigenvalue weighted by Gasteiger charge is 2.41. The van der Waals surface area contributed by atoms with Crippen LogP contribution in [0.25, 0.3) is 0 Å². The van der Waals surface area contributed by atoms with Gasteiger partial charge in [-0.25, -0.2) is 0 Å². The molecule has 0 bridgehead atoms. The zero-order chi connectivity index (χ0) is 23.2. The van der Waals surface area contributed by atoms with Gasteiger partial charge in [0.1, 0.15) is 17.9 Å². The van der Waals surface area contributed by atoms with Crippen molar-refractivity contribution in [3.63, 3.8) is 0 Å². The molecule has 1 unspecified atom stereocenters. The summed E-state index contributed by atoms with van der Waals surface area (Å²) < 4.78 is 12.0.